The van der Waals surface area contributed by atoms with Crippen LogP contribution in [0.15, 0.2) is 71.4 Å². The summed E-state index contributed by atoms with van der Waals surface area (Å²) >= 11 is 10.7. The standard InChI is InChI=1S/C24H16ClI2NO4/c1-30-22-11-15(4-9-21(22)31-13-14-2-5-16(26)6-3-14)10-20-24(29)32-23(28-20)18-12-17(27)7-8-19(18)25/h2-12H,13H2,1H3/b20-10-. The smallest absolute Gasteiger partial charge is 0.363 e. The third kappa shape index (κ3) is 5.44. The average Bonchev–Trinajstić information content (AvgIpc) is 3.15. The molecule has 0 bridgehead atoms. The van der Waals surface area contributed by atoms with Gasteiger partial charge in [0.05, 0.1) is 17.7 Å². The summed E-state index contributed by atoms with van der Waals surface area (Å²) in [5.41, 5.74) is 2.55. The summed E-state index contributed by atoms with van der Waals surface area (Å²) in [6.07, 6.45) is 1.64. The minimum absolute atomic E-state index is 0.185. The molecule has 0 amide bonds. The third-order valence-electron chi connectivity index (χ3n) is 4.58. The molecule has 5 nitrogen and oxygen atoms in total. The van der Waals surface area contributed by atoms with Crippen molar-refractivity contribution in [1.29, 1.82) is 0 Å². The van der Waals surface area contributed by atoms with Crippen LogP contribution in [-0.4, -0.2) is 19.0 Å². The van der Waals surface area contributed by atoms with Crippen molar-refractivity contribution in [2.45, 2.75) is 6.61 Å². The molecule has 0 fully saturated rings. The number of hydrogen-bond acceptors (Lipinski definition) is 5. The van der Waals surface area contributed by atoms with E-state index in [1.165, 1.54) is 3.57 Å². The van der Waals surface area contributed by atoms with Crippen LogP contribution in [-0.2, 0) is 16.1 Å². The number of esters is 1. The van der Waals surface area contributed by atoms with Gasteiger partial charge < -0.3 is 14.2 Å². The molecule has 0 unspecified atom stereocenters. The number of rotatable bonds is 6. The Morgan fingerprint density at radius 3 is 2.50 bits per heavy atom. The normalized spacial score (nSPS) is 14.3. The van der Waals surface area contributed by atoms with E-state index >= 15 is 0 Å². The fourth-order valence-corrected chi connectivity index (χ4v) is 4.03. The van der Waals surface area contributed by atoms with Crippen LogP contribution >= 0.6 is 56.8 Å². The number of aliphatic imine (C=N–C) groups is 1. The van der Waals surface area contributed by atoms with Gasteiger partial charge in [0.2, 0.25) is 5.90 Å². The SMILES string of the molecule is COc1cc(/C=C2\N=C(c3cc(I)ccc3Cl)OC2=O)ccc1OCc1ccc(I)cc1. The molecule has 8 heteroatoms. The Morgan fingerprint density at radius 2 is 1.75 bits per heavy atom. The summed E-state index contributed by atoms with van der Waals surface area (Å²) in [5, 5.41) is 0.467. The highest BCUT2D eigenvalue weighted by Gasteiger charge is 2.26. The first-order valence-corrected chi connectivity index (χ1v) is 12.0. The van der Waals surface area contributed by atoms with Crippen molar-refractivity contribution in [1.82, 2.24) is 0 Å². The van der Waals surface area contributed by atoms with Gasteiger partial charge in [0.25, 0.3) is 0 Å². The lowest BCUT2D eigenvalue weighted by molar-refractivity contribution is -0.129. The van der Waals surface area contributed by atoms with Gasteiger partial charge in [-0.1, -0.05) is 29.8 Å². The number of ether oxygens (including phenoxy) is 3. The van der Waals surface area contributed by atoms with E-state index in [1.807, 2.05) is 42.5 Å². The summed E-state index contributed by atoms with van der Waals surface area (Å²) in [7, 11) is 1.57. The topological polar surface area (TPSA) is 57.1 Å². The van der Waals surface area contributed by atoms with Crippen LogP contribution in [0.2, 0.25) is 5.02 Å². The Balaban J connectivity index is 1.55. The summed E-state index contributed by atoms with van der Waals surface area (Å²) in [5.74, 6) is 0.820. The van der Waals surface area contributed by atoms with Gasteiger partial charge in [0.1, 0.15) is 6.61 Å². The zero-order valence-corrected chi connectivity index (χ0v) is 21.8. The molecular formula is C24H16ClI2NO4. The monoisotopic (exact) mass is 671 g/mol. The number of carbonyl (C=O) groups is 1. The minimum atomic E-state index is -0.534. The van der Waals surface area contributed by atoms with Crippen molar-refractivity contribution in [2.24, 2.45) is 4.99 Å². The van der Waals surface area contributed by atoms with Crippen LogP contribution in [0.5, 0.6) is 11.5 Å². The van der Waals surface area contributed by atoms with Crippen molar-refractivity contribution < 1.29 is 19.0 Å². The minimum Gasteiger partial charge on any atom is -0.493 e. The van der Waals surface area contributed by atoms with E-state index in [0.29, 0.717) is 28.7 Å². The molecule has 0 N–H and O–H groups in total. The maximum absolute atomic E-state index is 12.4. The highest BCUT2D eigenvalue weighted by molar-refractivity contribution is 14.1. The van der Waals surface area contributed by atoms with Crippen molar-refractivity contribution >= 4 is 74.7 Å². The molecule has 0 saturated carbocycles. The molecule has 1 aliphatic rings. The summed E-state index contributed by atoms with van der Waals surface area (Å²) < 4.78 is 18.9. The average molecular weight is 672 g/mol. The van der Waals surface area contributed by atoms with E-state index in [1.54, 1.807) is 31.4 Å². The molecule has 0 spiro atoms. The Morgan fingerprint density at radius 1 is 1.00 bits per heavy atom. The summed E-state index contributed by atoms with van der Waals surface area (Å²) in [6, 6.07) is 19.0. The van der Waals surface area contributed by atoms with Crippen molar-refractivity contribution in [3.8, 4) is 11.5 Å². The molecule has 3 aromatic rings. The molecule has 0 radical (unpaired) electrons. The predicted octanol–water partition coefficient (Wildman–Crippen LogP) is 6.48. The second-order valence-electron chi connectivity index (χ2n) is 6.79. The Labute approximate surface area is 217 Å². The van der Waals surface area contributed by atoms with Crippen molar-refractivity contribution in [2.75, 3.05) is 7.11 Å². The molecule has 1 heterocycles. The van der Waals surface area contributed by atoms with Crippen LogP contribution in [0, 0.1) is 7.14 Å². The van der Waals surface area contributed by atoms with Gasteiger partial charge in [-0.3, -0.25) is 0 Å². The van der Waals surface area contributed by atoms with Gasteiger partial charge >= 0.3 is 5.97 Å². The lowest BCUT2D eigenvalue weighted by Crippen LogP contribution is -2.06. The largest absolute Gasteiger partial charge is 0.493 e. The fraction of sp³-hybridized carbons (Fsp3) is 0.0833. The Bertz CT molecular complexity index is 1240. The van der Waals surface area contributed by atoms with E-state index in [4.69, 9.17) is 25.8 Å². The number of benzene rings is 3. The number of cyclic esters (lactones) is 1. The van der Waals surface area contributed by atoms with E-state index in [2.05, 4.69) is 50.2 Å². The number of nitrogens with zero attached hydrogens (tertiary/aromatic N) is 1. The molecule has 162 valence electrons. The van der Waals surface area contributed by atoms with E-state index < -0.39 is 5.97 Å². The number of hydrogen-bond donors (Lipinski definition) is 0. The van der Waals surface area contributed by atoms with Crippen LogP contribution in [0.4, 0.5) is 0 Å². The molecular weight excluding hydrogens is 656 g/mol. The molecule has 0 atom stereocenters. The second kappa shape index (κ2) is 10.2. The molecule has 3 aromatic carbocycles. The lowest BCUT2D eigenvalue weighted by Gasteiger charge is -2.11. The van der Waals surface area contributed by atoms with Crippen LogP contribution in [0.1, 0.15) is 16.7 Å². The van der Waals surface area contributed by atoms with E-state index in [0.717, 1.165) is 14.7 Å². The van der Waals surface area contributed by atoms with Crippen LogP contribution in [0.25, 0.3) is 6.08 Å². The first-order valence-electron chi connectivity index (χ1n) is 9.46. The number of carbonyl (C=O) groups excluding carboxylic acids is 1. The third-order valence-corrected chi connectivity index (χ3v) is 6.30. The molecule has 0 aromatic heterocycles. The van der Waals surface area contributed by atoms with Crippen molar-refractivity contribution in [3.63, 3.8) is 0 Å². The van der Waals surface area contributed by atoms with Gasteiger partial charge in [-0.05, 0) is 105 Å². The van der Waals surface area contributed by atoms with Gasteiger partial charge in [-0.15, -0.1) is 0 Å². The highest BCUT2D eigenvalue weighted by Crippen LogP contribution is 2.31. The van der Waals surface area contributed by atoms with Crippen molar-refractivity contribution in [3.05, 3.63) is 95.2 Å². The quantitative estimate of drug-likeness (QED) is 0.171. The van der Waals surface area contributed by atoms with E-state index in [-0.39, 0.29) is 11.6 Å². The van der Waals surface area contributed by atoms with Gasteiger partial charge in [-0.25, -0.2) is 9.79 Å². The zero-order valence-electron chi connectivity index (χ0n) is 16.8. The Kier molecular flexibility index (Phi) is 7.37. The number of halogens is 3. The van der Waals surface area contributed by atoms with E-state index in [9.17, 15) is 4.79 Å². The van der Waals surface area contributed by atoms with Gasteiger partial charge in [-0.2, -0.15) is 0 Å². The number of methoxy groups -OCH3 is 1. The maximum Gasteiger partial charge on any atom is 0.363 e. The van der Waals surface area contributed by atoms with Crippen LogP contribution < -0.4 is 9.47 Å². The predicted molar refractivity (Wildman–Crippen MR) is 141 cm³/mol. The molecule has 0 saturated heterocycles. The molecule has 4 rings (SSSR count). The molecule has 1 aliphatic heterocycles. The van der Waals surface area contributed by atoms with Crippen LogP contribution in [0.3, 0.4) is 0 Å². The molecule has 0 aliphatic carbocycles. The highest BCUT2D eigenvalue weighted by atomic mass is 127. The first kappa shape index (κ1) is 23.1. The van der Waals surface area contributed by atoms with Gasteiger partial charge in [0.15, 0.2) is 17.2 Å². The summed E-state index contributed by atoms with van der Waals surface area (Å²) in [6.45, 7) is 0.421. The lowest BCUT2D eigenvalue weighted by atomic mass is 10.1. The zero-order chi connectivity index (χ0) is 22.7. The Hall–Kier alpha value is -2.11. The second-order valence-corrected chi connectivity index (χ2v) is 9.68. The fourth-order valence-electron chi connectivity index (χ4n) is 2.98. The first-order chi connectivity index (χ1) is 15.4. The molecule has 32 heavy (non-hydrogen) atoms. The van der Waals surface area contributed by atoms with Gasteiger partial charge in [0, 0.05) is 7.14 Å². The summed E-state index contributed by atoms with van der Waals surface area (Å²) in [4.78, 5) is 16.7. The maximum atomic E-state index is 12.4.